The summed E-state index contributed by atoms with van der Waals surface area (Å²) in [5.41, 5.74) is 9.14. The number of carbonyl (C=O) groups is 2. The van der Waals surface area contributed by atoms with Gasteiger partial charge >= 0.3 is 12.4 Å². The van der Waals surface area contributed by atoms with Gasteiger partial charge in [-0.3, -0.25) is 9.59 Å². The number of H-pyrrole nitrogens is 2. The first-order valence-electron chi connectivity index (χ1n) is 21.1. The molecule has 5 N–H and O–H groups in total. The van der Waals surface area contributed by atoms with Crippen LogP contribution in [0.4, 0.5) is 49.1 Å². The Morgan fingerprint density at radius 3 is 1.57 bits per heavy atom. The summed E-state index contributed by atoms with van der Waals surface area (Å²) in [6.45, 7) is 6.49. The molecule has 0 radical (unpaired) electrons. The van der Waals surface area contributed by atoms with Gasteiger partial charge in [0.2, 0.25) is 0 Å². The van der Waals surface area contributed by atoms with Gasteiger partial charge in [0.1, 0.15) is 39.8 Å². The molecule has 0 aliphatic carbocycles. The van der Waals surface area contributed by atoms with Gasteiger partial charge in [0.25, 0.3) is 11.1 Å². The summed E-state index contributed by atoms with van der Waals surface area (Å²) in [5, 5.41) is 9.19. The van der Waals surface area contributed by atoms with Gasteiger partial charge in [-0.25, -0.2) is 9.97 Å². The molecular weight excluding hydrogens is 938 g/mol. The second kappa shape index (κ2) is 20.0. The zero-order valence-corrected chi connectivity index (χ0v) is 37.4. The number of ether oxygens (including phenoxy) is 2. The number of halogens is 7. The molecule has 0 bridgehead atoms. The molecule has 4 aromatic carbocycles. The number of carbonyl (C=O) groups excluding carboxylic acids is 2. The number of nitrogen functional groups attached to an aromatic ring is 1. The van der Waals surface area contributed by atoms with Crippen LogP contribution in [0.1, 0.15) is 43.4 Å². The number of morpholine rings is 2. The van der Waals surface area contributed by atoms with Crippen LogP contribution in [-0.4, -0.2) is 94.0 Å². The fraction of sp³-hybridized carbons (Fsp3) is 0.261. The lowest BCUT2D eigenvalue weighted by Gasteiger charge is -2.31. The van der Waals surface area contributed by atoms with E-state index in [1.54, 1.807) is 72.2 Å². The lowest BCUT2D eigenvalue weighted by atomic mass is 10.1. The Balaban J connectivity index is 0.000000161. The van der Waals surface area contributed by atoms with Crippen molar-refractivity contribution in [3.05, 3.63) is 119 Å². The number of aromatic amines is 2. The van der Waals surface area contributed by atoms with Crippen LogP contribution in [-0.2, 0) is 21.8 Å². The molecule has 0 saturated carbocycles. The van der Waals surface area contributed by atoms with Gasteiger partial charge < -0.3 is 49.3 Å². The number of nitrogens with one attached hydrogen (secondary N) is 3. The number of aromatic nitrogens is 6. The topological polar surface area (TPSA) is 207 Å². The van der Waals surface area contributed by atoms with Crippen molar-refractivity contribution in [1.29, 1.82) is 0 Å². The number of hydrogen-bond donors (Lipinski definition) is 4. The van der Waals surface area contributed by atoms with Crippen molar-refractivity contribution in [1.82, 2.24) is 30.2 Å². The summed E-state index contributed by atoms with van der Waals surface area (Å²) in [7, 11) is 0. The number of imidazole rings is 2. The van der Waals surface area contributed by atoms with E-state index in [0.29, 0.717) is 115 Å². The maximum atomic E-state index is 13.9. The summed E-state index contributed by atoms with van der Waals surface area (Å²) < 4.78 is 103. The summed E-state index contributed by atoms with van der Waals surface area (Å²) in [6.07, 6.45) is -6.39. The lowest BCUT2D eigenvalue weighted by Crippen LogP contribution is -2.37. The van der Waals surface area contributed by atoms with Crippen LogP contribution in [0.2, 0.25) is 0 Å². The van der Waals surface area contributed by atoms with E-state index >= 15 is 0 Å². The van der Waals surface area contributed by atoms with Crippen molar-refractivity contribution in [2.75, 3.05) is 73.5 Å². The zero-order valence-electron chi connectivity index (χ0n) is 36.6. The van der Waals surface area contributed by atoms with Crippen molar-refractivity contribution in [3.8, 4) is 22.8 Å². The Kier molecular flexibility index (Phi) is 14.0. The van der Waals surface area contributed by atoms with Gasteiger partial charge in [0, 0.05) is 48.7 Å². The third kappa shape index (κ3) is 10.8. The number of fused-ring (bicyclic) bond motifs is 2. The molecule has 8 aromatic rings. The first kappa shape index (κ1) is 48.0. The van der Waals surface area contributed by atoms with Crippen LogP contribution in [0.3, 0.4) is 0 Å². The number of nitrogens with zero attached hydrogens (tertiary/aromatic N) is 6. The predicted molar refractivity (Wildman–Crippen MR) is 244 cm³/mol. The number of anilines is 4. The fourth-order valence-corrected chi connectivity index (χ4v) is 7.82. The van der Waals surface area contributed by atoms with E-state index in [-0.39, 0.29) is 28.3 Å². The molecule has 2 aliphatic heterocycles. The summed E-state index contributed by atoms with van der Waals surface area (Å²) in [4.78, 5) is 41.3. The number of hydrogen-bond acceptors (Lipinski definition) is 13. The number of aryl methyl sites for hydroxylation is 2. The van der Waals surface area contributed by atoms with E-state index < -0.39 is 34.6 Å². The van der Waals surface area contributed by atoms with Crippen molar-refractivity contribution in [2.45, 2.75) is 26.2 Å². The van der Waals surface area contributed by atoms with Gasteiger partial charge in [-0.2, -0.15) is 26.3 Å². The van der Waals surface area contributed by atoms with Crippen LogP contribution < -0.4 is 20.9 Å². The second-order valence-electron chi connectivity index (χ2n) is 15.6. The van der Waals surface area contributed by atoms with E-state index in [2.05, 4.69) is 40.1 Å². The number of nitrogens with two attached hydrogens (primary N) is 1. The highest BCUT2D eigenvalue weighted by Crippen LogP contribution is 2.41. The van der Waals surface area contributed by atoms with Gasteiger partial charge in [-0.15, -0.1) is 0 Å². The Bertz CT molecular complexity index is 3120. The molecule has 360 valence electrons. The van der Waals surface area contributed by atoms with Gasteiger partial charge in [-0.05, 0) is 86.1 Å². The molecule has 1 amide bonds. The first-order valence-corrected chi connectivity index (χ1v) is 21.5. The molecule has 4 aromatic heterocycles. The Hall–Kier alpha value is -7.43. The summed E-state index contributed by atoms with van der Waals surface area (Å²) in [5.74, 6) is 1.02. The molecule has 0 spiro atoms. The summed E-state index contributed by atoms with van der Waals surface area (Å²) >= 11 is 5.11. The molecule has 10 rings (SSSR count). The second-order valence-corrected chi connectivity index (χ2v) is 15.9. The van der Waals surface area contributed by atoms with Crippen LogP contribution in [0.5, 0.6) is 0 Å². The minimum absolute atomic E-state index is 0.118. The highest BCUT2D eigenvalue weighted by Gasteiger charge is 2.37. The van der Waals surface area contributed by atoms with Crippen molar-refractivity contribution < 1.29 is 54.5 Å². The van der Waals surface area contributed by atoms with E-state index in [1.807, 2.05) is 0 Å². The molecule has 0 unspecified atom stereocenters. The highest BCUT2D eigenvalue weighted by molar-refractivity contribution is 6.67. The molecule has 23 heteroatoms. The molecule has 2 aliphatic rings. The van der Waals surface area contributed by atoms with E-state index in [4.69, 9.17) is 31.3 Å². The van der Waals surface area contributed by atoms with Crippen LogP contribution in [0, 0.1) is 13.8 Å². The molecular formula is C46H41ClF6N10O6. The quantitative estimate of drug-likeness (QED) is 0.0668. The van der Waals surface area contributed by atoms with Crippen LogP contribution >= 0.6 is 11.6 Å². The Morgan fingerprint density at radius 2 is 1.13 bits per heavy atom. The highest BCUT2D eigenvalue weighted by atomic mass is 35.5. The molecule has 69 heavy (non-hydrogen) atoms. The largest absolute Gasteiger partial charge is 0.418 e. The maximum Gasteiger partial charge on any atom is 0.418 e. The van der Waals surface area contributed by atoms with E-state index in [9.17, 15) is 35.9 Å². The van der Waals surface area contributed by atoms with Crippen molar-refractivity contribution >= 4 is 67.6 Å². The van der Waals surface area contributed by atoms with Crippen molar-refractivity contribution in [3.63, 3.8) is 0 Å². The average molecular weight is 979 g/mol. The monoisotopic (exact) mass is 978 g/mol. The average Bonchev–Trinajstić information content (AvgIpc) is 4.17. The lowest BCUT2D eigenvalue weighted by molar-refractivity contribution is -0.138. The number of rotatable bonds is 7. The molecule has 0 atom stereocenters. The number of alkyl halides is 6. The smallest absolute Gasteiger partial charge is 0.397 e. The Labute approximate surface area is 392 Å². The van der Waals surface area contributed by atoms with Crippen molar-refractivity contribution in [2.24, 2.45) is 0 Å². The molecule has 2 fully saturated rings. The molecule has 2 saturated heterocycles. The van der Waals surface area contributed by atoms with E-state index in [1.165, 1.54) is 24.5 Å². The normalized spacial score (nSPS) is 14.3. The first-order chi connectivity index (χ1) is 33.0. The number of benzene rings is 4. The van der Waals surface area contributed by atoms with Gasteiger partial charge in [0.15, 0.2) is 0 Å². The minimum Gasteiger partial charge on any atom is -0.397 e. The number of amides is 1. The third-order valence-electron chi connectivity index (χ3n) is 11.1. The third-order valence-corrected chi connectivity index (χ3v) is 11.3. The Morgan fingerprint density at radius 1 is 0.667 bits per heavy atom. The predicted octanol–water partition coefficient (Wildman–Crippen LogP) is 9.66. The summed E-state index contributed by atoms with van der Waals surface area (Å²) in [6, 6.07) is 18.8. The maximum absolute atomic E-state index is 13.9. The molecule has 6 heterocycles. The van der Waals surface area contributed by atoms with Crippen LogP contribution in [0.15, 0.2) is 94.2 Å². The van der Waals surface area contributed by atoms with Crippen LogP contribution in [0.25, 0.3) is 44.8 Å². The SMILES string of the molecule is Cc1oncc1C(=O)Cl.Cc1oncc1C(=O)Nc1cccc2[nH]c(-c3ccc(N4CCOCC4)c(C(F)(F)F)c3)nc12.Nc1cccc2[nH]c(-c3ccc(N4CCOCC4)c(C(F)(F)F)c3)nc12. The zero-order chi connectivity index (χ0) is 49.0. The van der Waals surface area contributed by atoms with Gasteiger partial charge in [-0.1, -0.05) is 22.4 Å². The number of para-hydroxylation sites is 2. The molecule has 16 nitrogen and oxygen atoms in total. The van der Waals surface area contributed by atoms with E-state index in [0.717, 1.165) is 12.1 Å². The van der Waals surface area contributed by atoms with Gasteiger partial charge in [0.05, 0.1) is 77.9 Å². The fourth-order valence-electron chi connectivity index (χ4n) is 7.64. The minimum atomic E-state index is -4.54. The standard InChI is InChI=1S/C23H20F3N5O3.C18H17F3N4O.C5H4ClNO2/c1-13-15(12-27-34-13)22(32)29-18-4-2-3-17-20(18)30-21(28-17)14-5-6-19(16(11-14)23(24,25)26)31-7-9-33-10-8-31;19-18(20,21)12-10-11(4-5-15(12)25-6-8-26-9-7-25)17-23-14-3-1-2-13(22)16(14)24-17;1-3-4(5(6)8)2-7-9-3/h2-6,11-12H,7-10H2,1H3,(H,28,30)(H,29,32);1-5,10H,6-9,22H2,(H,23,24);2H,1H3.